The van der Waals surface area contributed by atoms with E-state index in [0.29, 0.717) is 24.0 Å². The summed E-state index contributed by atoms with van der Waals surface area (Å²) in [5.74, 6) is 0.672. The smallest absolute Gasteiger partial charge is 0.276 e. The molecule has 2 aliphatic heterocycles. The number of thiocarbonyl (C=S) groups is 1. The second-order valence-corrected chi connectivity index (χ2v) is 7.84. The van der Waals surface area contributed by atoms with Crippen LogP contribution < -0.4 is 10.1 Å². The zero-order chi connectivity index (χ0) is 21.6. The van der Waals surface area contributed by atoms with Crippen LogP contribution in [0.3, 0.4) is 0 Å². The third-order valence-corrected chi connectivity index (χ3v) is 5.61. The summed E-state index contributed by atoms with van der Waals surface area (Å²) in [6.07, 6.45) is 5.50. The van der Waals surface area contributed by atoms with Gasteiger partial charge in [0.25, 0.3) is 5.91 Å². The van der Waals surface area contributed by atoms with Gasteiger partial charge in [-0.15, -0.1) is 0 Å². The van der Waals surface area contributed by atoms with Gasteiger partial charge in [0, 0.05) is 37.9 Å². The highest BCUT2D eigenvalue weighted by molar-refractivity contribution is 7.80. The summed E-state index contributed by atoms with van der Waals surface area (Å²) < 4.78 is 13.0. The summed E-state index contributed by atoms with van der Waals surface area (Å²) >= 11 is 5.36. The van der Waals surface area contributed by atoms with Crippen molar-refractivity contribution in [2.75, 3.05) is 39.5 Å². The third-order valence-electron chi connectivity index (χ3n) is 5.28. The molecule has 0 saturated carbocycles. The number of hydrogen-bond acceptors (Lipinski definition) is 6. The molecule has 2 fully saturated rings. The average Bonchev–Trinajstić information content (AvgIpc) is 3.36. The van der Waals surface area contributed by atoms with Crippen LogP contribution in [0.25, 0.3) is 6.08 Å². The van der Waals surface area contributed by atoms with E-state index >= 15 is 0 Å². The number of ether oxygens (including phenoxy) is 2. The second kappa shape index (κ2) is 10.0. The standard InChI is InChI=1S/C22H27N5O3S/c1-2-26-15-18(14-23-26)16-27-21(28)20(24-22(27)31)13-17-3-5-19(6-4-17)30-12-9-25-7-10-29-11-8-25/h3-6,13-15H,2,7-12,16H2,1H3,(H,24,31)/b20-13+. The first kappa shape index (κ1) is 21.5. The molecule has 9 heteroatoms. The Morgan fingerprint density at radius 2 is 2.03 bits per heavy atom. The predicted molar refractivity (Wildman–Crippen MR) is 121 cm³/mol. The summed E-state index contributed by atoms with van der Waals surface area (Å²) in [6, 6.07) is 7.70. The quantitative estimate of drug-likeness (QED) is 0.495. The molecule has 0 radical (unpaired) electrons. The van der Waals surface area contributed by atoms with Gasteiger partial charge in [-0.1, -0.05) is 12.1 Å². The lowest BCUT2D eigenvalue weighted by Gasteiger charge is -2.26. The molecule has 1 N–H and O–H groups in total. The maximum Gasteiger partial charge on any atom is 0.276 e. The number of carbonyl (C=O) groups is 1. The summed E-state index contributed by atoms with van der Waals surface area (Å²) in [5, 5.41) is 7.68. The number of morpholine rings is 1. The summed E-state index contributed by atoms with van der Waals surface area (Å²) in [7, 11) is 0. The van der Waals surface area contributed by atoms with Crippen LogP contribution in [0, 0.1) is 0 Å². The lowest BCUT2D eigenvalue weighted by Crippen LogP contribution is -2.38. The van der Waals surface area contributed by atoms with E-state index in [1.54, 1.807) is 11.1 Å². The summed E-state index contributed by atoms with van der Waals surface area (Å²) in [6.45, 7) is 8.22. The molecule has 2 saturated heterocycles. The van der Waals surface area contributed by atoms with Gasteiger partial charge in [-0.25, -0.2) is 0 Å². The lowest BCUT2D eigenvalue weighted by atomic mass is 10.2. The highest BCUT2D eigenvalue weighted by Gasteiger charge is 2.30. The van der Waals surface area contributed by atoms with Crippen LogP contribution in [0.2, 0.25) is 0 Å². The van der Waals surface area contributed by atoms with Gasteiger partial charge in [0.15, 0.2) is 5.11 Å². The molecular weight excluding hydrogens is 414 g/mol. The fraction of sp³-hybridized carbons (Fsp3) is 0.409. The van der Waals surface area contributed by atoms with Gasteiger partial charge in [0.05, 0.1) is 26.0 Å². The van der Waals surface area contributed by atoms with E-state index in [0.717, 1.165) is 56.3 Å². The number of benzene rings is 1. The van der Waals surface area contributed by atoms with Crippen LogP contribution in [-0.4, -0.2) is 70.1 Å². The minimum atomic E-state index is -0.139. The Morgan fingerprint density at radius 3 is 2.74 bits per heavy atom. The fourth-order valence-corrected chi connectivity index (χ4v) is 3.76. The zero-order valence-corrected chi connectivity index (χ0v) is 18.4. The van der Waals surface area contributed by atoms with Gasteiger partial charge in [-0.05, 0) is 42.9 Å². The first-order valence-corrected chi connectivity index (χ1v) is 10.9. The molecule has 0 atom stereocenters. The zero-order valence-electron chi connectivity index (χ0n) is 17.6. The highest BCUT2D eigenvalue weighted by atomic mass is 32.1. The van der Waals surface area contributed by atoms with Gasteiger partial charge in [0.2, 0.25) is 0 Å². The van der Waals surface area contributed by atoms with Crippen LogP contribution in [0.1, 0.15) is 18.1 Å². The Morgan fingerprint density at radius 1 is 1.26 bits per heavy atom. The molecule has 0 aliphatic carbocycles. The van der Waals surface area contributed by atoms with Crippen molar-refractivity contribution in [3.63, 3.8) is 0 Å². The third kappa shape index (κ3) is 5.49. The van der Waals surface area contributed by atoms with Crippen LogP contribution >= 0.6 is 12.2 Å². The Kier molecular flexibility index (Phi) is 6.96. The highest BCUT2D eigenvalue weighted by Crippen LogP contribution is 2.19. The fourth-order valence-electron chi connectivity index (χ4n) is 3.50. The molecule has 2 aliphatic rings. The topological polar surface area (TPSA) is 71.9 Å². The van der Waals surface area contributed by atoms with Crippen molar-refractivity contribution in [2.24, 2.45) is 0 Å². The number of amides is 1. The van der Waals surface area contributed by atoms with Gasteiger partial charge in [-0.3, -0.25) is 19.3 Å². The number of rotatable bonds is 8. The van der Waals surface area contributed by atoms with E-state index in [1.807, 2.05) is 48.1 Å². The lowest BCUT2D eigenvalue weighted by molar-refractivity contribution is -0.122. The average molecular weight is 442 g/mol. The van der Waals surface area contributed by atoms with E-state index < -0.39 is 0 Å². The van der Waals surface area contributed by atoms with Gasteiger partial charge >= 0.3 is 0 Å². The number of nitrogens with zero attached hydrogens (tertiary/aromatic N) is 4. The number of aryl methyl sites for hydroxylation is 1. The molecule has 1 aromatic carbocycles. The second-order valence-electron chi connectivity index (χ2n) is 7.46. The van der Waals surface area contributed by atoms with Gasteiger partial charge < -0.3 is 14.8 Å². The Bertz CT molecular complexity index is 950. The van der Waals surface area contributed by atoms with E-state index in [1.165, 1.54) is 0 Å². The maximum atomic E-state index is 12.8. The minimum absolute atomic E-state index is 0.139. The van der Waals surface area contributed by atoms with Crippen molar-refractivity contribution in [3.8, 4) is 5.75 Å². The monoisotopic (exact) mass is 441 g/mol. The first-order chi connectivity index (χ1) is 15.1. The van der Waals surface area contributed by atoms with Crippen LogP contribution in [0.4, 0.5) is 0 Å². The van der Waals surface area contributed by atoms with Gasteiger partial charge in [-0.2, -0.15) is 5.10 Å². The van der Waals surface area contributed by atoms with Crippen molar-refractivity contribution < 1.29 is 14.3 Å². The molecular formula is C22H27N5O3S. The van der Waals surface area contributed by atoms with Crippen LogP contribution in [0.5, 0.6) is 5.75 Å². The molecule has 3 heterocycles. The molecule has 0 bridgehead atoms. The number of hydrogen-bond donors (Lipinski definition) is 1. The van der Waals surface area contributed by atoms with Crippen molar-refractivity contribution in [2.45, 2.75) is 20.0 Å². The molecule has 1 aromatic heterocycles. The largest absolute Gasteiger partial charge is 0.492 e. The van der Waals surface area contributed by atoms with E-state index in [2.05, 4.69) is 15.3 Å². The molecule has 1 amide bonds. The Balaban J connectivity index is 1.32. The molecule has 0 spiro atoms. The van der Waals surface area contributed by atoms with Gasteiger partial charge in [0.1, 0.15) is 18.1 Å². The summed E-state index contributed by atoms with van der Waals surface area (Å²) in [4.78, 5) is 16.7. The Labute approximate surface area is 187 Å². The maximum absolute atomic E-state index is 12.8. The molecule has 164 valence electrons. The van der Waals surface area contributed by atoms with Crippen molar-refractivity contribution >= 4 is 29.3 Å². The summed E-state index contributed by atoms with van der Waals surface area (Å²) in [5.41, 5.74) is 2.31. The van der Waals surface area contributed by atoms with Crippen molar-refractivity contribution in [3.05, 3.63) is 53.5 Å². The van der Waals surface area contributed by atoms with Crippen LogP contribution in [-0.2, 0) is 22.6 Å². The van der Waals surface area contributed by atoms with Crippen molar-refractivity contribution in [1.82, 2.24) is 24.9 Å². The number of aromatic nitrogens is 2. The SMILES string of the molecule is CCn1cc(CN2C(=O)/C(=C\c3ccc(OCCN4CCOCC4)cc3)NC2=S)cn1. The predicted octanol–water partition coefficient (Wildman–Crippen LogP) is 1.87. The number of carbonyl (C=O) groups excluding carboxylic acids is 1. The molecule has 0 unspecified atom stereocenters. The normalized spacial score (nSPS) is 18.6. The molecule has 8 nitrogen and oxygen atoms in total. The van der Waals surface area contributed by atoms with E-state index in [-0.39, 0.29) is 5.91 Å². The van der Waals surface area contributed by atoms with Crippen molar-refractivity contribution in [1.29, 1.82) is 0 Å². The Hall–Kier alpha value is -2.75. The molecule has 31 heavy (non-hydrogen) atoms. The minimum Gasteiger partial charge on any atom is -0.492 e. The van der Waals surface area contributed by atoms with E-state index in [9.17, 15) is 4.79 Å². The van der Waals surface area contributed by atoms with E-state index in [4.69, 9.17) is 21.7 Å². The van der Waals surface area contributed by atoms with Crippen LogP contribution in [0.15, 0.2) is 42.4 Å². The number of nitrogens with one attached hydrogen (secondary N) is 1. The molecule has 2 aromatic rings. The molecule has 4 rings (SSSR count). The first-order valence-electron chi connectivity index (χ1n) is 10.5.